The number of aryl methyl sites for hydroxylation is 2. The predicted octanol–water partition coefficient (Wildman–Crippen LogP) is 1.88. The summed E-state index contributed by atoms with van der Waals surface area (Å²) in [7, 11) is 0. The Kier molecular flexibility index (Phi) is 5.27. The fraction of sp³-hybridized carbons (Fsp3) is 0.524. The highest BCUT2D eigenvalue weighted by Gasteiger charge is 2.26. The molecule has 0 saturated carbocycles. The smallest absolute Gasteiger partial charge is 0.234 e. The van der Waals surface area contributed by atoms with E-state index in [1.54, 1.807) is 0 Å². The summed E-state index contributed by atoms with van der Waals surface area (Å²) in [4.78, 5) is 21.5. The molecule has 2 aliphatic heterocycles. The van der Waals surface area contributed by atoms with E-state index in [2.05, 4.69) is 52.1 Å². The van der Waals surface area contributed by atoms with Crippen molar-refractivity contribution in [1.29, 1.82) is 0 Å². The number of morpholine rings is 1. The van der Waals surface area contributed by atoms with E-state index in [0.717, 1.165) is 51.3 Å². The second-order valence-corrected chi connectivity index (χ2v) is 7.64. The van der Waals surface area contributed by atoms with E-state index in [9.17, 15) is 4.79 Å². The third kappa shape index (κ3) is 3.92. The van der Waals surface area contributed by atoms with E-state index in [4.69, 9.17) is 4.74 Å². The molecule has 2 aromatic rings. The minimum atomic E-state index is 0.121. The standard InChI is InChI=1S/C21H28N4O2/c1-15-5-7-22-21-16(2)3-4-18(20(15)21)25-8-6-17(13-25)23-19(26)14-24-9-11-27-12-10-24/h3-5,7,17H,6,8-14H2,1-2H3,(H,23,26). The number of ether oxygens (including phenoxy) is 1. The first-order chi connectivity index (χ1) is 13.1. The van der Waals surface area contributed by atoms with E-state index in [1.807, 2.05) is 6.20 Å². The zero-order valence-corrected chi connectivity index (χ0v) is 16.2. The summed E-state index contributed by atoms with van der Waals surface area (Å²) >= 11 is 0. The van der Waals surface area contributed by atoms with Crippen molar-refractivity contribution in [3.8, 4) is 0 Å². The zero-order chi connectivity index (χ0) is 18.8. The molecule has 6 nitrogen and oxygen atoms in total. The maximum atomic E-state index is 12.4. The average molecular weight is 368 g/mol. The van der Waals surface area contributed by atoms with Crippen molar-refractivity contribution < 1.29 is 9.53 Å². The van der Waals surface area contributed by atoms with Crippen LogP contribution in [-0.2, 0) is 9.53 Å². The Morgan fingerprint density at radius 1 is 1.19 bits per heavy atom. The first-order valence-corrected chi connectivity index (χ1v) is 9.81. The lowest BCUT2D eigenvalue weighted by atomic mass is 10.0. The van der Waals surface area contributed by atoms with Gasteiger partial charge in [-0.05, 0) is 43.5 Å². The molecule has 1 unspecified atom stereocenters. The lowest BCUT2D eigenvalue weighted by molar-refractivity contribution is -0.123. The largest absolute Gasteiger partial charge is 0.379 e. The first kappa shape index (κ1) is 18.2. The van der Waals surface area contributed by atoms with Crippen LogP contribution in [-0.4, -0.2) is 67.8 Å². The van der Waals surface area contributed by atoms with Gasteiger partial charge in [0.25, 0.3) is 0 Å². The van der Waals surface area contributed by atoms with E-state index >= 15 is 0 Å². The number of nitrogens with zero attached hydrogens (tertiary/aromatic N) is 3. The van der Waals surface area contributed by atoms with Crippen LogP contribution in [0.3, 0.4) is 0 Å². The third-order valence-corrected chi connectivity index (χ3v) is 5.65. The predicted molar refractivity (Wildman–Crippen MR) is 107 cm³/mol. The summed E-state index contributed by atoms with van der Waals surface area (Å²) in [6.07, 6.45) is 2.86. The molecular weight excluding hydrogens is 340 g/mol. The molecule has 2 saturated heterocycles. The van der Waals surface area contributed by atoms with E-state index < -0.39 is 0 Å². The number of benzene rings is 1. The number of amides is 1. The molecule has 0 spiro atoms. The molecule has 1 amide bonds. The summed E-state index contributed by atoms with van der Waals surface area (Å²) < 4.78 is 5.35. The molecule has 1 N–H and O–H groups in total. The molecule has 1 aromatic carbocycles. The van der Waals surface area contributed by atoms with Gasteiger partial charge in [0.2, 0.25) is 5.91 Å². The third-order valence-electron chi connectivity index (χ3n) is 5.65. The number of carbonyl (C=O) groups is 1. The van der Waals surface area contributed by atoms with Gasteiger partial charge in [-0.15, -0.1) is 0 Å². The molecule has 4 rings (SSSR count). The number of nitrogens with one attached hydrogen (secondary N) is 1. The highest BCUT2D eigenvalue weighted by molar-refractivity contribution is 5.96. The molecule has 1 aromatic heterocycles. The maximum absolute atomic E-state index is 12.4. The summed E-state index contributed by atoms with van der Waals surface area (Å²) in [6.45, 7) is 9.64. The van der Waals surface area contributed by atoms with Crippen LogP contribution >= 0.6 is 0 Å². The van der Waals surface area contributed by atoms with Crippen molar-refractivity contribution in [2.24, 2.45) is 0 Å². The maximum Gasteiger partial charge on any atom is 0.234 e. The van der Waals surface area contributed by atoms with E-state index in [1.165, 1.54) is 22.2 Å². The van der Waals surface area contributed by atoms with Gasteiger partial charge in [0.1, 0.15) is 0 Å². The van der Waals surface area contributed by atoms with Crippen LogP contribution in [0.1, 0.15) is 17.5 Å². The Balaban J connectivity index is 1.43. The number of hydrogen-bond acceptors (Lipinski definition) is 5. The van der Waals surface area contributed by atoms with Gasteiger partial charge >= 0.3 is 0 Å². The van der Waals surface area contributed by atoms with Crippen LogP contribution in [0.4, 0.5) is 5.69 Å². The molecule has 6 heteroatoms. The number of pyridine rings is 1. The molecule has 2 fully saturated rings. The molecule has 2 aliphatic rings. The van der Waals surface area contributed by atoms with Crippen molar-refractivity contribution >= 4 is 22.5 Å². The van der Waals surface area contributed by atoms with Gasteiger partial charge < -0.3 is 15.0 Å². The van der Waals surface area contributed by atoms with Gasteiger partial charge in [0, 0.05) is 49.5 Å². The Bertz CT molecular complexity index is 832. The highest BCUT2D eigenvalue weighted by atomic mass is 16.5. The van der Waals surface area contributed by atoms with Crippen LogP contribution in [0, 0.1) is 13.8 Å². The number of aromatic nitrogens is 1. The SMILES string of the molecule is Cc1ccc(N2CCC(NC(=O)CN3CCOCC3)C2)c2c(C)ccnc12. The van der Waals surface area contributed by atoms with Gasteiger partial charge in [0.15, 0.2) is 0 Å². The second-order valence-electron chi connectivity index (χ2n) is 7.64. The number of carbonyl (C=O) groups excluding carboxylic acids is 1. The highest BCUT2D eigenvalue weighted by Crippen LogP contribution is 2.32. The van der Waals surface area contributed by atoms with Crippen LogP contribution in [0.2, 0.25) is 0 Å². The van der Waals surface area contributed by atoms with Crippen molar-refractivity contribution in [2.45, 2.75) is 26.3 Å². The lowest BCUT2D eigenvalue weighted by Crippen LogP contribution is -2.46. The Morgan fingerprint density at radius 2 is 2.00 bits per heavy atom. The second kappa shape index (κ2) is 7.82. The topological polar surface area (TPSA) is 57.7 Å². The Hall–Kier alpha value is -2.18. The average Bonchev–Trinajstić information content (AvgIpc) is 3.11. The summed E-state index contributed by atoms with van der Waals surface area (Å²) in [5.41, 5.74) is 4.75. The molecule has 0 aliphatic carbocycles. The van der Waals surface area contributed by atoms with Crippen molar-refractivity contribution in [2.75, 3.05) is 50.8 Å². The van der Waals surface area contributed by atoms with Crippen molar-refractivity contribution in [3.05, 3.63) is 35.5 Å². The lowest BCUT2D eigenvalue weighted by Gasteiger charge is -2.26. The molecular formula is C21H28N4O2. The normalized spacial score (nSPS) is 21.0. The molecule has 1 atom stereocenters. The molecule has 0 radical (unpaired) electrons. The minimum absolute atomic E-state index is 0.121. The quantitative estimate of drug-likeness (QED) is 0.893. The van der Waals surface area contributed by atoms with E-state index in [0.29, 0.717) is 6.54 Å². The van der Waals surface area contributed by atoms with Crippen LogP contribution < -0.4 is 10.2 Å². The van der Waals surface area contributed by atoms with Crippen molar-refractivity contribution in [3.63, 3.8) is 0 Å². The van der Waals surface area contributed by atoms with Gasteiger partial charge in [-0.1, -0.05) is 6.07 Å². The first-order valence-electron chi connectivity index (χ1n) is 9.81. The molecule has 0 bridgehead atoms. The van der Waals surface area contributed by atoms with Gasteiger partial charge in [0.05, 0.1) is 25.3 Å². The summed E-state index contributed by atoms with van der Waals surface area (Å²) in [6, 6.07) is 6.62. The number of rotatable bonds is 4. The molecule has 144 valence electrons. The van der Waals surface area contributed by atoms with Crippen LogP contribution in [0.15, 0.2) is 24.4 Å². The zero-order valence-electron chi connectivity index (χ0n) is 16.2. The minimum Gasteiger partial charge on any atom is -0.379 e. The fourth-order valence-electron chi connectivity index (χ4n) is 4.14. The van der Waals surface area contributed by atoms with Gasteiger partial charge in [-0.3, -0.25) is 14.7 Å². The molecule has 3 heterocycles. The van der Waals surface area contributed by atoms with Crippen LogP contribution in [0.25, 0.3) is 10.9 Å². The van der Waals surface area contributed by atoms with Gasteiger partial charge in [-0.2, -0.15) is 0 Å². The van der Waals surface area contributed by atoms with E-state index in [-0.39, 0.29) is 11.9 Å². The summed E-state index contributed by atoms with van der Waals surface area (Å²) in [5, 5.41) is 4.46. The fourth-order valence-corrected chi connectivity index (χ4v) is 4.14. The number of hydrogen-bond donors (Lipinski definition) is 1. The van der Waals surface area contributed by atoms with Crippen molar-refractivity contribution in [1.82, 2.24) is 15.2 Å². The Labute approximate surface area is 160 Å². The summed E-state index contributed by atoms with van der Waals surface area (Å²) in [5.74, 6) is 0.121. The monoisotopic (exact) mass is 368 g/mol. The van der Waals surface area contributed by atoms with Crippen LogP contribution in [0.5, 0.6) is 0 Å². The number of anilines is 1. The van der Waals surface area contributed by atoms with Gasteiger partial charge in [-0.25, -0.2) is 0 Å². The Morgan fingerprint density at radius 3 is 2.81 bits per heavy atom. The number of fused-ring (bicyclic) bond motifs is 1. The molecule has 27 heavy (non-hydrogen) atoms.